The van der Waals surface area contributed by atoms with Gasteiger partial charge in [-0.1, -0.05) is 0 Å². The smallest absolute Gasteiger partial charge is 0.146 e. The van der Waals surface area contributed by atoms with Crippen molar-refractivity contribution < 1.29 is 19.1 Å². The summed E-state index contributed by atoms with van der Waals surface area (Å²) >= 11 is 0. The molecule has 8 rings (SSSR count). The third-order valence-electron chi connectivity index (χ3n) is 11.4. The SMILES string of the molecule is O=C(CCOCOCCC(=O)CCC12CC3CC(CC(C3)C1)C2)CCC12CC3CC(CC(C3)C1)C2. The van der Waals surface area contributed by atoms with Gasteiger partial charge in [-0.2, -0.15) is 0 Å². The fourth-order valence-electron chi connectivity index (χ4n) is 10.8. The molecule has 8 fully saturated rings. The largest absolute Gasteiger partial charge is 0.355 e. The molecule has 196 valence electrons. The van der Waals surface area contributed by atoms with Crippen LogP contribution in [0.2, 0.25) is 0 Å². The molecule has 0 unspecified atom stereocenters. The highest BCUT2D eigenvalue weighted by Crippen LogP contribution is 2.62. The molecule has 0 N–H and O–H groups in total. The Balaban J connectivity index is 0.796. The number of hydrogen-bond acceptors (Lipinski definition) is 4. The topological polar surface area (TPSA) is 52.6 Å². The van der Waals surface area contributed by atoms with Crippen LogP contribution in [0.15, 0.2) is 0 Å². The molecule has 4 nitrogen and oxygen atoms in total. The van der Waals surface area contributed by atoms with E-state index in [1.165, 1.54) is 77.0 Å². The molecule has 0 aliphatic heterocycles. The standard InChI is InChI=1S/C31H48O4/c32-28(1-5-30-15-22-9-23(16-30)11-24(10-22)17-30)3-7-34-21-35-8-4-29(33)2-6-31-18-25-12-26(19-31)14-27(13-25)20-31/h22-27H,1-21H2. The Bertz CT molecular complexity index is 650. The zero-order valence-electron chi connectivity index (χ0n) is 21.9. The lowest BCUT2D eigenvalue weighted by Gasteiger charge is -2.57. The first-order valence-electron chi connectivity index (χ1n) is 15.2. The highest BCUT2D eigenvalue weighted by Gasteiger charge is 2.51. The summed E-state index contributed by atoms with van der Waals surface area (Å²) in [6.07, 6.45) is 21.8. The maximum Gasteiger partial charge on any atom is 0.146 e. The molecule has 0 saturated heterocycles. The summed E-state index contributed by atoms with van der Waals surface area (Å²) in [6, 6.07) is 0. The normalized spacial score (nSPS) is 42.6. The van der Waals surface area contributed by atoms with Gasteiger partial charge in [0.1, 0.15) is 18.4 Å². The molecule has 8 aliphatic carbocycles. The van der Waals surface area contributed by atoms with Crippen LogP contribution < -0.4 is 0 Å². The summed E-state index contributed by atoms with van der Waals surface area (Å²) in [7, 11) is 0. The highest BCUT2D eigenvalue weighted by molar-refractivity contribution is 5.78. The first kappa shape index (κ1) is 24.6. The van der Waals surface area contributed by atoms with Crippen LogP contribution in [0.3, 0.4) is 0 Å². The van der Waals surface area contributed by atoms with Crippen LogP contribution in [0, 0.1) is 46.3 Å². The first-order valence-corrected chi connectivity index (χ1v) is 15.2. The number of hydrogen-bond donors (Lipinski definition) is 0. The minimum Gasteiger partial charge on any atom is -0.355 e. The summed E-state index contributed by atoms with van der Waals surface area (Å²) in [6.45, 7) is 1.09. The summed E-state index contributed by atoms with van der Waals surface area (Å²) in [5, 5.41) is 0. The van der Waals surface area contributed by atoms with Gasteiger partial charge < -0.3 is 9.47 Å². The maximum atomic E-state index is 12.4. The lowest BCUT2D eigenvalue weighted by molar-refractivity contribution is -0.125. The third-order valence-corrected chi connectivity index (χ3v) is 11.4. The minimum atomic E-state index is 0.199. The van der Waals surface area contributed by atoms with Crippen LogP contribution in [0.4, 0.5) is 0 Å². The molecule has 0 aromatic carbocycles. The molecule has 8 bridgehead atoms. The van der Waals surface area contributed by atoms with Crippen LogP contribution in [0.25, 0.3) is 0 Å². The number of carbonyl (C=O) groups excluding carboxylic acids is 2. The van der Waals surface area contributed by atoms with Crippen LogP contribution in [0.1, 0.15) is 116 Å². The fraction of sp³-hybridized carbons (Fsp3) is 0.935. The monoisotopic (exact) mass is 484 g/mol. The Hall–Kier alpha value is -0.740. The first-order chi connectivity index (χ1) is 17.0. The van der Waals surface area contributed by atoms with Gasteiger partial charge in [0.2, 0.25) is 0 Å². The van der Waals surface area contributed by atoms with Gasteiger partial charge in [-0.15, -0.1) is 0 Å². The molecule has 0 atom stereocenters. The Kier molecular flexibility index (Phi) is 7.16. The van der Waals surface area contributed by atoms with E-state index in [0.717, 1.165) is 61.2 Å². The molecule has 0 aromatic heterocycles. The third kappa shape index (κ3) is 5.74. The Morgan fingerprint density at radius 2 is 0.829 bits per heavy atom. The van der Waals surface area contributed by atoms with E-state index in [2.05, 4.69) is 0 Å². The van der Waals surface area contributed by atoms with E-state index >= 15 is 0 Å². The van der Waals surface area contributed by atoms with Gasteiger partial charge in [-0.25, -0.2) is 0 Å². The number of carbonyl (C=O) groups is 2. The van der Waals surface area contributed by atoms with E-state index < -0.39 is 0 Å². The summed E-state index contributed by atoms with van der Waals surface area (Å²) in [4.78, 5) is 24.9. The maximum absolute atomic E-state index is 12.4. The lowest BCUT2D eigenvalue weighted by atomic mass is 9.48. The second kappa shape index (κ2) is 10.2. The predicted octanol–water partition coefficient (Wildman–Crippen LogP) is 6.89. The fourth-order valence-corrected chi connectivity index (χ4v) is 10.8. The second-order valence-electron chi connectivity index (χ2n) is 14.3. The highest BCUT2D eigenvalue weighted by atomic mass is 16.7. The van der Waals surface area contributed by atoms with Crippen molar-refractivity contribution in [3.63, 3.8) is 0 Å². The molecule has 0 spiro atoms. The van der Waals surface area contributed by atoms with E-state index in [1.807, 2.05) is 0 Å². The summed E-state index contributed by atoms with van der Waals surface area (Å²) in [5.74, 6) is 6.45. The summed E-state index contributed by atoms with van der Waals surface area (Å²) in [5.41, 5.74) is 0.993. The molecule has 8 saturated carbocycles. The molecule has 0 amide bonds. The van der Waals surface area contributed by atoms with Crippen molar-refractivity contribution in [1.29, 1.82) is 0 Å². The van der Waals surface area contributed by atoms with Crippen LogP contribution in [0.5, 0.6) is 0 Å². The molecule has 8 aliphatic rings. The van der Waals surface area contributed by atoms with Gasteiger partial charge in [0, 0.05) is 25.7 Å². The molecule has 4 heteroatoms. The van der Waals surface area contributed by atoms with Gasteiger partial charge in [-0.05, 0) is 136 Å². The lowest BCUT2D eigenvalue weighted by Crippen LogP contribution is -2.46. The van der Waals surface area contributed by atoms with E-state index in [9.17, 15) is 9.59 Å². The Morgan fingerprint density at radius 3 is 1.14 bits per heavy atom. The van der Waals surface area contributed by atoms with E-state index in [1.54, 1.807) is 0 Å². The van der Waals surface area contributed by atoms with E-state index in [0.29, 0.717) is 48.5 Å². The van der Waals surface area contributed by atoms with Crippen LogP contribution in [-0.4, -0.2) is 31.6 Å². The Morgan fingerprint density at radius 1 is 0.514 bits per heavy atom. The van der Waals surface area contributed by atoms with Crippen molar-refractivity contribution in [1.82, 2.24) is 0 Å². The van der Waals surface area contributed by atoms with E-state index in [4.69, 9.17) is 9.47 Å². The van der Waals surface area contributed by atoms with E-state index in [-0.39, 0.29) is 6.79 Å². The van der Waals surface area contributed by atoms with Crippen molar-refractivity contribution in [3.05, 3.63) is 0 Å². The average Bonchev–Trinajstić information content (AvgIpc) is 2.79. The number of ether oxygens (including phenoxy) is 2. The zero-order valence-corrected chi connectivity index (χ0v) is 21.9. The molecule has 0 aromatic rings. The number of ketones is 2. The predicted molar refractivity (Wildman–Crippen MR) is 136 cm³/mol. The average molecular weight is 485 g/mol. The quantitative estimate of drug-likeness (QED) is 0.199. The van der Waals surface area contributed by atoms with Crippen molar-refractivity contribution >= 4 is 11.6 Å². The van der Waals surface area contributed by atoms with Gasteiger partial charge in [0.05, 0.1) is 13.2 Å². The van der Waals surface area contributed by atoms with Crippen LogP contribution >= 0.6 is 0 Å². The molecular weight excluding hydrogens is 436 g/mol. The number of rotatable bonds is 14. The van der Waals surface area contributed by atoms with Crippen molar-refractivity contribution in [2.24, 2.45) is 46.3 Å². The Labute approximate surface area is 212 Å². The van der Waals surface area contributed by atoms with Gasteiger partial charge in [-0.3, -0.25) is 9.59 Å². The van der Waals surface area contributed by atoms with Crippen molar-refractivity contribution in [2.45, 2.75) is 116 Å². The molecule has 0 heterocycles. The summed E-state index contributed by atoms with van der Waals surface area (Å²) < 4.78 is 11.1. The van der Waals surface area contributed by atoms with Gasteiger partial charge >= 0.3 is 0 Å². The van der Waals surface area contributed by atoms with Crippen molar-refractivity contribution in [2.75, 3.05) is 20.0 Å². The van der Waals surface area contributed by atoms with Gasteiger partial charge in [0.25, 0.3) is 0 Å². The molecule has 0 radical (unpaired) electrons. The molecule has 35 heavy (non-hydrogen) atoms. The van der Waals surface area contributed by atoms with Crippen LogP contribution in [-0.2, 0) is 19.1 Å². The van der Waals surface area contributed by atoms with Gasteiger partial charge in [0.15, 0.2) is 0 Å². The minimum absolute atomic E-state index is 0.199. The second-order valence-corrected chi connectivity index (χ2v) is 14.3. The zero-order chi connectivity index (χ0) is 23.9. The number of Topliss-reactive ketones (excluding diaryl/α,β-unsaturated/α-hetero) is 2. The molecular formula is C31H48O4. The van der Waals surface area contributed by atoms with Crippen molar-refractivity contribution in [3.8, 4) is 0 Å².